The second-order valence-electron chi connectivity index (χ2n) is 10.6. The number of alkyl halides is 3. The predicted octanol–water partition coefficient (Wildman–Crippen LogP) is 9.87. The van der Waals surface area contributed by atoms with Gasteiger partial charge in [0, 0.05) is 12.7 Å². The number of unbranched alkanes of at least 4 members (excludes halogenated alkanes) is 6. The van der Waals surface area contributed by atoms with Crippen molar-refractivity contribution in [3.63, 3.8) is 0 Å². The van der Waals surface area contributed by atoms with E-state index in [1.807, 2.05) is 0 Å². The molecule has 0 unspecified atom stereocenters. The van der Waals surface area contributed by atoms with Crippen molar-refractivity contribution in [3.05, 3.63) is 47.5 Å². The Hall–Kier alpha value is -1.29. The average molecular weight is 479 g/mol. The van der Waals surface area contributed by atoms with Crippen molar-refractivity contribution in [2.75, 3.05) is 6.61 Å². The zero-order valence-electron chi connectivity index (χ0n) is 21.1. The van der Waals surface area contributed by atoms with Gasteiger partial charge in [0.2, 0.25) is 0 Å². The van der Waals surface area contributed by atoms with Crippen molar-refractivity contribution in [1.82, 2.24) is 0 Å². The normalized spacial score (nSPS) is 26.2. The highest BCUT2D eigenvalue weighted by molar-refractivity contribution is 5.28. The molecule has 0 aromatic heterocycles. The lowest BCUT2D eigenvalue weighted by molar-refractivity contribution is -0.0803. The maximum absolute atomic E-state index is 12.4. The molecule has 34 heavy (non-hydrogen) atoms. The van der Waals surface area contributed by atoms with Gasteiger partial charge in [0.25, 0.3) is 0 Å². The monoisotopic (exact) mass is 478 g/mol. The molecular weight excluding hydrogens is 433 g/mol. The molecule has 0 heterocycles. The molecule has 0 bridgehead atoms. The van der Waals surface area contributed by atoms with Crippen molar-refractivity contribution in [2.45, 2.75) is 127 Å². The number of ether oxygens (including phenoxy) is 1. The zero-order valence-corrected chi connectivity index (χ0v) is 21.1. The molecule has 4 heteroatoms. The summed E-state index contributed by atoms with van der Waals surface area (Å²) < 4.78 is 43.4. The van der Waals surface area contributed by atoms with Crippen LogP contribution in [0.4, 0.5) is 13.2 Å². The fourth-order valence-electron chi connectivity index (χ4n) is 5.80. The van der Waals surface area contributed by atoms with Gasteiger partial charge in [-0.25, -0.2) is 0 Å². The molecule has 2 aliphatic carbocycles. The van der Waals surface area contributed by atoms with E-state index < -0.39 is 6.18 Å². The first kappa shape index (κ1) is 27.3. The van der Waals surface area contributed by atoms with Crippen LogP contribution in [0.3, 0.4) is 0 Å². The first-order chi connectivity index (χ1) is 16.4. The van der Waals surface area contributed by atoms with E-state index in [1.165, 1.54) is 87.8 Å². The fourth-order valence-corrected chi connectivity index (χ4v) is 5.80. The SMILES string of the molecule is CCCCCCCCCOC1CCC(c2ccc(C3CCC(/C=C/C(F)(F)F)CC3)cc2)CC1. The molecule has 0 atom stereocenters. The van der Waals surface area contributed by atoms with Crippen molar-refractivity contribution < 1.29 is 17.9 Å². The number of rotatable bonds is 12. The van der Waals surface area contributed by atoms with Crippen molar-refractivity contribution >= 4 is 0 Å². The summed E-state index contributed by atoms with van der Waals surface area (Å²) >= 11 is 0. The van der Waals surface area contributed by atoms with E-state index in [0.717, 1.165) is 32.3 Å². The first-order valence-corrected chi connectivity index (χ1v) is 13.9. The van der Waals surface area contributed by atoms with Crippen molar-refractivity contribution in [2.24, 2.45) is 5.92 Å². The van der Waals surface area contributed by atoms with Crippen LogP contribution in [0.2, 0.25) is 0 Å². The molecule has 0 N–H and O–H groups in total. The van der Waals surface area contributed by atoms with E-state index in [1.54, 1.807) is 0 Å². The van der Waals surface area contributed by atoms with Crippen LogP contribution in [0.25, 0.3) is 0 Å². The summed E-state index contributed by atoms with van der Waals surface area (Å²) in [5.74, 6) is 1.19. The van der Waals surface area contributed by atoms with Gasteiger partial charge >= 0.3 is 6.18 Å². The van der Waals surface area contributed by atoms with Crippen LogP contribution in [0, 0.1) is 5.92 Å². The topological polar surface area (TPSA) is 9.23 Å². The number of allylic oxidation sites excluding steroid dienone is 2. The molecule has 0 radical (unpaired) electrons. The van der Waals surface area contributed by atoms with Crippen LogP contribution in [0.1, 0.15) is 126 Å². The van der Waals surface area contributed by atoms with Crippen LogP contribution in [0.15, 0.2) is 36.4 Å². The number of hydrogen-bond donors (Lipinski definition) is 0. The minimum absolute atomic E-state index is 0.0698. The highest BCUT2D eigenvalue weighted by Crippen LogP contribution is 2.39. The van der Waals surface area contributed by atoms with Crippen LogP contribution >= 0.6 is 0 Å². The number of hydrogen-bond acceptors (Lipinski definition) is 1. The van der Waals surface area contributed by atoms with Crippen LogP contribution < -0.4 is 0 Å². The maximum Gasteiger partial charge on any atom is 0.409 e. The Labute approximate surface area is 205 Å². The van der Waals surface area contributed by atoms with Gasteiger partial charge in [0.1, 0.15) is 0 Å². The average Bonchev–Trinajstić information content (AvgIpc) is 2.85. The predicted molar refractivity (Wildman–Crippen MR) is 135 cm³/mol. The van der Waals surface area contributed by atoms with Crippen molar-refractivity contribution in [1.29, 1.82) is 0 Å². The van der Waals surface area contributed by atoms with Crippen LogP contribution in [0.5, 0.6) is 0 Å². The number of halogens is 3. The Kier molecular flexibility index (Phi) is 11.5. The molecule has 1 aromatic carbocycles. The highest BCUT2D eigenvalue weighted by Gasteiger charge is 2.26. The maximum atomic E-state index is 12.4. The standard InChI is InChI=1S/C30H45F3O/c1-2-3-4-5-6-7-8-23-34-29-19-17-28(18-20-29)27-15-13-26(14-16-27)25-11-9-24(10-12-25)21-22-30(31,32)33/h13-16,21-22,24-25,28-29H,2-12,17-20,23H2,1H3/b22-21+. The molecule has 0 spiro atoms. The van der Waals surface area contributed by atoms with Crippen molar-refractivity contribution in [3.8, 4) is 0 Å². The summed E-state index contributed by atoms with van der Waals surface area (Å²) in [5, 5.41) is 0. The lowest BCUT2D eigenvalue weighted by Crippen LogP contribution is -2.21. The summed E-state index contributed by atoms with van der Waals surface area (Å²) in [4.78, 5) is 0. The molecule has 0 aliphatic heterocycles. The summed E-state index contributed by atoms with van der Waals surface area (Å²) in [6, 6.07) is 9.15. The van der Waals surface area contributed by atoms with Gasteiger partial charge in [-0.15, -0.1) is 0 Å². The third kappa shape index (κ3) is 9.76. The molecule has 0 amide bonds. The molecule has 3 rings (SSSR count). The molecule has 0 saturated heterocycles. The summed E-state index contributed by atoms with van der Waals surface area (Å²) in [6.45, 7) is 3.18. The van der Waals surface area contributed by atoms with E-state index in [0.29, 0.717) is 24.0 Å². The minimum Gasteiger partial charge on any atom is -0.378 e. The molecule has 192 valence electrons. The van der Waals surface area contributed by atoms with E-state index in [9.17, 15) is 13.2 Å². The van der Waals surface area contributed by atoms with Crippen LogP contribution in [-0.2, 0) is 4.74 Å². The van der Waals surface area contributed by atoms with Gasteiger partial charge in [0.05, 0.1) is 6.10 Å². The summed E-state index contributed by atoms with van der Waals surface area (Å²) in [6.07, 6.45) is 15.7. The largest absolute Gasteiger partial charge is 0.409 e. The lowest BCUT2D eigenvalue weighted by atomic mass is 9.77. The molecule has 2 aliphatic rings. The van der Waals surface area contributed by atoms with Crippen LogP contribution in [-0.4, -0.2) is 18.9 Å². The molecule has 2 saturated carbocycles. The minimum atomic E-state index is -4.19. The smallest absolute Gasteiger partial charge is 0.378 e. The lowest BCUT2D eigenvalue weighted by Gasteiger charge is -2.30. The Morgan fingerprint density at radius 2 is 1.24 bits per heavy atom. The van der Waals surface area contributed by atoms with Gasteiger partial charge in [-0.2, -0.15) is 13.2 Å². The van der Waals surface area contributed by atoms with E-state index >= 15 is 0 Å². The van der Waals surface area contributed by atoms with E-state index in [2.05, 4.69) is 31.2 Å². The molecule has 1 aromatic rings. The van der Waals surface area contributed by atoms with E-state index in [4.69, 9.17) is 4.74 Å². The molecule has 1 nitrogen and oxygen atoms in total. The Bertz CT molecular complexity index is 693. The Morgan fingerprint density at radius 3 is 1.76 bits per heavy atom. The third-order valence-corrected chi connectivity index (χ3v) is 7.98. The third-order valence-electron chi connectivity index (χ3n) is 7.98. The second kappa shape index (κ2) is 14.3. The van der Waals surface area contributed by atoms with Gasteiger partial charge in [-0.3, -0.25) is 0 Å². The quantitative estimate of drug-likeness (QED) is 0.214. The molecular formula is C30H45F3O. The van der Waals surface area contributed by atoms with E-state index in [-0.39, 0.29) is 5.92 Å². The highest BCUT2D eigenvalue weighted by atomic mass is 19.4. The summed E-state index contributed by atoms with van der Waals surface area (Å²) in [5.41, 5.74) is 2.80. The van der Waals surface area contributed by atoms with Gasteiger partial charge in [-0.05, 0) is 86.7 Å². The fraction of sp³-hybridized carbons (Fsp3) is 0.733. The second-order valence-corrected chi connectivity index (χ2v) is 10.6. The number of benzene rings is 1. The Balaban J connectivity index is 1.32. The van der Waals surface area contributed by atoms with Gasteiger partial charge in [0.15, 0.2) is 0 Å². The van der Waals surface area contributed by atoms with Gasteiger partial charge < -0.3 is 4.74 Å². The van der Waals surface area contributed by atoms with Gasteiger partial charge in [-0.1, -0.05) is 75.8 Å². The Morgan fingerprint density at radius 1 is 0.735 bits per heavy atom. The zero-order chi connectivity index (χ0) is 24.2. The summed E-state index contributed by atoms with van der Waals surface area (Å²) in [7, 11) is 0. The first-order valence-electron chi connectivity index (χ1n) is 13.9. The molecule has 2 fully saturated rings.